The molecule has 3 N–H and O–H groups in total. The lowest BCUT2D eigenvalue weighted by molar-refractivity contribution is -0.272. The number of rotatable bonds is 5. The van der Waals surface area contributed by atoms with Gasteiger partial charge in [0.05, 0.1) is 7.11 Å². The molecule has 1 aromatic heterocycles. The number of halogens is 5. The van der Waals surface area contributed by atoms with E-state index < -0.39 is 58.9 Å². The third kappa shape index (κ3) is 4.06. The van der Waals surface area contributed by atoms with E-state index in [0.29, 0.717) is 0 Å². The van der Waals surface area contributed by atoms with E-state index in [2.05, 4.69) is 10.3 Å². The summed E-state index contributed by atoms with van der Waals surface area (Å²) in [7, 11) is 1.03. The second-order valence-corrected chi connectivity index (χ2v) is 8.13. The number of pyridine rings is 1. The van der Waals surface area contributed by atoms with Crippen LogP contribution in [0.2, 0.25) is 0 Å². The second-order valence-electron chi connectivity index (χ2n) is 8.13. The van der Waals surface area contributed by atoms with E-state index in [1.54, 1.807) is 0 Å². The molecular formula is C22H22F5N3O4. The predicted molar refractivity (Wildman–Crippen MR) is 110 cm³/mol. The minimum absolute atomic E-state index is 0.0710. The molecule has 0 unspecified atom stereocenters. The first-order chi connectivity index (χ1) is 15.7. The van der Waals surface area contributed by atoms with Crippen molar-refractivity contribution in [3.05, 3.63) is 52.9 Å². The molecule has 2 aromatic rings. The number of carbonyl (C=O) groups excluding carboxylic acids is 2. The lowest BCUT2D eigenvalue weighted by Crippen LogP contribution is -2.47. The Morgan fingerprint density at radius 3 is 2.44 bits per heavy atom. The molecule has 3 rings (SSSR count). The summed E-state index contributed by atoms with van der Waals surface area (Å²) in [5.41, 5.74) is 2.42. The normalized spacial score (nSPS) is 24.7. The number of benzene rings is 1. The Morgan fingerprint density at radius 2 is 1.88 bits per heavy atom. The van der Waals surface area contributed by atoms with Crippen molar-refractivity contribution < 1.29 is 41.0 Å². The fourth-order valence-corrected chi connectivity index (χ4v) is 4.16. The zero-order valence-electron chi connectivity index (χ0n) is 18.6. The summed E-state index contributed by atoms with van der Waals surface area (Å²) >= 11 is 0. The van der Waals surface area contributed by atoms with Gasteiger partial charge < -0.3 is 20.5 Å². The zero-order chi connectivity index (χ0) is 25.6. The standard InChI is InChI=1S/C22H22F5N3O4/c1-9-13(7-8-29-16(9)19(28)31)30-20(32)18-14(10(2)21(3,34-18)22(25,26)27)11-5-6-12(23)15(24)17(11)33-4/h5-8,10,14,18H,1-4H3,(H2,28,31)(H,29,30,32)/t10-,14+,18+,21-/m1/s1. The van der Waals surface area contributed by atoms with Crippen LogP contribution >= 0.6 is 0 Å². The first kappa shape index (κ1) is 25.3. The van der Waals surface area contributed by atoms with Gasteiger partial charge in [-0.3, -0.25) is 14.6 Å². The van der Waals surface area contributed by atoms with Crippen LogP contribution in [0, 0.1) is 24.5 Å². The van der Waals surface area contributed by atoms with Gasteiger partial charge >= 0.3 is 6.18 Å². The smallest absolute Gasteiger partial charge is 0.417 e. The van der Waals surface area contributed by atoms with Crippen molar-refractivity contribution in [2.24, 2.45) is 11.7 Å². The monoisotopic (exact) mass is 487 g/mol. The third-order valence-electron chi connectivity index (χ3n) is 6.27. The number of nitrogens with zero attached hydrogens (tertiary/aromatic N) is 1. The number of nitrogens with two attached hydrogens (primary N) is 1. The predicted octanol–water partition coefficient (Wildman–Crippen LogP) is 3.85. The van der Waals surface area contributed by atoms with Crippen LogP contribution in [0.25, 0.3) is 0 Å². The van der Waals surface area contributed by atoms with Crippen molar-refractivity contribution in [2.75, 3.05) is 12.4 Å². The Bertz CT molecular complexity index is 1140. The van der Waals surface area contributed by atoms with E-state index in [4.69, 9.17) is 15.2 Å². The van der Waals surface area contributed by atoms with E-state index in [-0.39, 0.29) is 22.5 Å². The van der Waals surface area contributed by atoms with Gasteiger partial charge in [-0.15, -0.1) is 0 Å². The molecule has 1 saturated heterocycles. The molecule has 0 radical (unpaired) electrons. The molecule has 0 aliphatic carbocycles. The largest absolute Gasteiger partial charge is 0.493 e. The molecule has 2 amide bonds. The van der Waals surface area contributed by atoms with Crippen LogP contribution in [0.15, 0.2) is 24.4 Å². The molecule has 1 fully saturated rings. The van der Waals surface area contributed by atoms with Gasteiger partial charge in [-0.1, -0.05) is 13.0 Å². The highest BCUT2D eigenvalue weighted by atomic mass is 19.4. The van der Waals surface area contributed by atoms with Crippen LogP contribution < -0.4 is 15.8 Å². The van der Waals surface area contributed by atoms with Crippen LogP contribution in [0.3, 0.4) is 0 Å². The minimum atomic E-state index is -4.89. The maximum absolute atomic E-state index is 14.4. The fraction of sp³-hybridized carbons (Fsp3) is 0.409. The molecule has 0 bridgehead atoms. The first-order valence-corrected chi connectivity index (χ1v) is 10.1. The van der Waals surface area contributed by atoms with Crippen LogP contribution in [0.5, 0.6) is 5.75 Å². The lowest BCUT2D eigenvalue weighted by atomic mass is 9.77. The van der Waals surface area contributed by atoms with E-state index in [9.17, 15) is 31.5 Å². The van der Waals surface area contributed by atoms with Gasteiger partial charge in [0.2, 0.25) is 5.82 Å². The Balaban J connectivity index is 2.11. The van der Waals surface area contributed by atoms with E-state index >= 15 is 0 Å². The SMILES string of the molecule is COc1c([C@H]2[C@@H](C(=O)Nc3ccnc(C(N)=O)c3C)O[C@@](C)(C(F)(F)F)[C@@H]2C)ccc(F)c1F. The number of aromatic nitrogens is 1. The molecule has 1 aromatic carbocycles. The van der Waals surface area contributed by atoms with E-state index in [0.717, 1.165) is 26.2 Å². The summed E-state index contributed by atoms with van der Waals surface area (Å²) in [6, 6.07) is 3.13. The number of methoxy groups -OCH3 is 1. The number of primary amides is 1. The van der Waals surface area contributed by atoms with Crippen LogP contribution in [-0.2, 0) is 9.53 Å². The zero-order valence-corrected chi connectivity index (χ0v) is 18.6. The molecule has 34 heavy (non-hydrogen) atoms. The molecule has 0 saturated carbocycles. The summed E-state index contributed by atoms with van der Waals surface area (Å²) in [4.78, 5) is 28.5. The Morgan fingerprint density at radius 1 is 1.24 bits per heavy atom. The molecule has 1 aliphatic rings. The second kappa shape index (κ2) is 8.82. The number of amides is 2. The molecule has 1 aliphatic heterocycles. The van der Waals surface area contributed by atoms with Crippen molar-refractivity contribution in [2.45, 2.75) is 44.6 Å². The number of carbonyl (C=O) groups is 2. The summed E-state index contributed by atoms with van der Waals surface area (Å²) < 4.78 is 80.4. The summed E-state index contributed by atoms with van der Waals surface area (Å²) in [6.45, 7) is 3.43. The van der Waals surface area contributed by atoms with Crippen LogP contribution in [-0.4, -0.2) is 41.8 Å². The van der Waals surface area contributed by atoms with Gasteiger partial charge in [0.25, 0.3) is 11.8 Å². The highest BCUT2D eigenvalue weighted by Crippen LogP contribution is 2.55. The van der Waals surface area contributed by atoms with Gasteiger partial charge in [0.1, 0.15) is 11.8 Å². The highest BCUT2D eigenvalue weighted by Gasteiger charge is 2.65. The number of hydrogen-bond acceptors (Lipinski definition) is 5. The number of nitrogens with one attached hydrogen (secondary N) is 1. The van der Waals surface area contributed by atoms with Crippen molar-refractivity contribution in [1.82, 2.24) is 4.98 Å². The third-order valence-corrected chi connectivity index (χ3v) is 6.27. The molecule has 4 atom stereocenters. The topological polar surface area (TPSA) is 104 Å². The van der Waals surface area contributed by atoms with Crippen LogP contribution in [0.1, 0.15) is 41.4 Å². The molecule has 12 heteroatoms. The summed E-state index contributed by atoms with van der Waals surface area (Å²) in [5.74, 6) is -7.92. The molecule has 2 heterocycles. The van der Waals surface area contributed by atoms with E-state index in [1.165, 1.54) is 26.1 Å². The summed E-state index contributed by atoms with van der Waals surface area (Å²) in [5, 5.41) is 2.43. The summed E-state index contributed by atoms with van der Waals surface area (Å²) in [6.07, 6.45) is -5.47. The quantitative estimate of drug-likeness (QED) is 0.624. The van der Waals surface area contributed by atoms with Crippen molar-refractivity contribution in [1.29, 1.82) is 0 Å². The maximum atomic E-state index is 14.4. The van der Waals surface area contributed by atoms with Gasteiger partial charge in [-0.25, -0.2) is 4.39 Å². The average Bonchev–Trinajstić information content (AvgIpc) is 3.03. The first-order valence-electron chi connectivity index (χ1n) is 10.1. The number of hydrogen-bond donors (Lipinski definition) is 2. The van der Waals surface area contributed by atoms with Crippen molar-refractivity contribution in [3.8, 4) is 5.75 Å². The molecular weight excluding hydrogens is 465 g/mol. The molecule has 0 spiro atoms. The average molecular weight is 487 g/mol. The van der Waals surface area contributed by atoms with Crippen molar-refractivity contribution in [3.63, 3.8) is 0 Å². The molecule has 7 nitrogen and oxygen atoms in total. The maximum Gasteiger partial charge on any atom is 0.417 e. The van der Waals surface area contributed by atoms with Crippen molar-refractivity contribution >= 4 is 17.5 Å². The van der Waals surface area contributed by atoms with Gasteiger partial charge in [0, 0.05) is 34.8 Å². The Kier molecular flexibility index (Phi) is 6.57. The number of alkyl halides is 3. The number of ether oxygens (including phenoxy) is 2. The lowest BCUT2D eigenvalue weighted by Gasteiger charge is -2.32. The van der Waals surface area contributed by atoms with E-state index in [1.807, 2.05) is 0 Å². The van der Waals surface area contributed by atoms with Crippen LogP contribution in [0.4, 0.5) is 27.6 Å². The van der Waals surface area contributed by atoms with Gasteiger partial charge in [-0.05, 0) is 26.0 Å². The van der Waals surface area contributed by atoms with Gasteiger partial charge in [-0.2, -0.15) is 17.6 Å². The minimum Gasteiger partial charge on any atom is -0.493 e. The highest BCUT2D eigenvalue weighted by molar-refractivity contribution is 5.99. The Labute approximate surface area is 191 Å². The molecule has 184 valence electrons. The van der Waals surface area contributed by atoms with Gasteiger partial charge in [0.15, 0.2) is 17.2 Å². The number of anilines is 1. The fourth-order valence-electron chi connectivity index (χ4n) is 4.16. The Hall–Kier alpha value is -3.28.